The third kappa shape index (κ3) is 5.89. The van der Waals surface area contributed by atoms with Crippen LogP contribution in [-0.2, 0) is 14.3 Å². The number of rotatable bonds is 0. The van der Waals surface area contributed by atoms with Gasteiger partial charge in [0.15, 0.2) is 17.4 Å². The van der Waals surface area contributed by atoms with Crippen LogP contribution in [0, 0.1) is 0 Å². The van der Waals surface area contributed by atoms with E-state index in [0.29, 0.717) is 6.92 Å². The van der Waals surface area contributed by atoms with Crippen LogP contribution in [0.3, 0.4) is 0 Å². The van der Waals surface area contributed by atoms with Crippen LogP contribution in [0.25, 0.3) is 0 Å². The Bertz CT molecular complexity index is 164. The Labute approximate surface area is 70.6 Å². The molecular weight excluding hydrogens is 180 g/mol. The van der Waals surface area contributed by atoms with Crippen molar-refractivity contribution in [3.63, 3.8) is 0 Å². The zero-order chi connectivity index (χ0) is 8.36. The fraction of sp³-hybridized carbons (Fsp3) is 0.500. The van der Waals surface area contributed by atoms with Crippen molar-refractivity contribution in [2.24, 2.45) is 0 Å². The first kappa shape index (κ1) is 13.1. The Balaban J connectivity index is 0. The fourth-order valence-corrected chi connectivity index (χ4v) is 0.188. The molecule has 0 N–H and O–H groups in total. The molecule has 0 radical (unpaired) electrons. The molecule has 0 atom stereocenters. The van der Waals surface area contributed by atoms with Crippen molar-refractivity contribution >= 4 is 29.3 Å². The Kier molecular flexibility index (Phi) is 5.19. The molecule has 0 saturated carbocycles. The quantitative estimate of drug-likeness (QED) is 0.290. The predicted octanol–water partition coefficient (Wildman–Crippen LogP) is -0.546. The van der Waals surface area contributed by atoms with Gasteiger partial charge in [-0.25, -0.2) is 4.79 Å². The van der Waals surface area contributed by atoms with Crippen molar-refractivity contribution < 1.29 is 27.5 Å². The summed E-state index contributed by atoms with van der Waals surface area (Å²) >= 11 is 0. The highest BCUT2D eigenvalue weighted by Gasteiger charge is 2.41. The van der Waals surface area contributed by atoms with Crippen molar-refractivity contribution in [2.75, 3.05) is 0 Å². The van der Waals surface area contributed by atoms with E-state index in [1.54, 1.807) is 0 Å². The molecule has 3 nitrogen and oxygen atoms in total. The second kappa shape index (κ2) is 4.36. The van der Waals surface area contributed by atoms with Crippen LogP contribution in [-0.4, -0.2) is 35.5 Å². The molecule has 0 aromatic rings. The maximum Gasteiger partial charge on any atom is 0.491 e. The number of alkyl halides is 3. The van der Waals surface area contributed by atoms with Gasteiger partial charge in [0, 0.05) is 6.92 Å². The molecular formula is C4H6AlF3O3. The summed E-state index contributed by atoms with van der Waals surface area (Å²) < 4.78 is 36.8. The summed E-state index contributed by atoms with van der Waals surface area (Å²) in [5.41, 5.74) is 0. The molecule has 0 bridgehead atoms. The minimum Gasteiger partial charge on any atom is -0.387 e. The van der Waals surface area contributed by atoms with Crippen molar-refractivity contribution in [3.8, 4) is 0 Å². The summed E-state index contributed by atoms with van der Waals surface area (Å²) in [5, 5.41) is 0. The molecule has 0 fully saturated rings. The summed E-state index contributed by atoms with van der Waals surface area (Å²) in [7, 11) is 0. The summed E-state index contributed by atoms with van der Waals surface area (Å²) in [5.74, 6) is -3.76. The zero-order valence-electron chi connectivity index (χ0n) is 4.86. The Morgan fingerprint density at radius 1 is 1.27 bits per heavy atom. The van der Waals surface area contributed by atoms with Gasteiger partial charge < -0.3 is 4.74 Å². The van der Waals surface area contributed by atoms with E-state index in [1.165, 1.54) is 0 Å². The van der Waals surface area contributed by atoms with E-state index in [2.05, 4.69) is 4.74 Å². The number of esters is 2. The monoisotopic (exact) mass is 186 g/mol. The van der Waals surface area contributed by atoms with Crippen molar-refractivity contribution in [1.82, 2.24) is 0 Å². The van der Waals surface area contributed by atoms with Gasteiger partial charge in [-0.2, -0.15) is 13.2 Å². The first-order valence-corrected chi connectivity index (χ1v) is 2.13. The fourth-order valence-electron chi connectivity index (χ4n) is 0.188. The first-order chi connectivity index (χ1) is 4.34. The van der Waals surface area contributed by atoms with Gasteiger partial charge in [-0.15, -0.1) is 0 Å². The van der Waals surface area contributed by atoms with E-state index < -0.39 is 18.1 Å². The van der Waals surface area contributed by atoms with E-state index >= 15 is 0 Å². The number of ether oxygens (including phenoxy) is 1. The molecule has 64 valence electrons. The van der Waals surface area contributed by atoms with Crippen LogP contribution in [0.1, 0.15) is 6.92 Å². The topological polar surface area (TPSA) is 43.4 Å². The summed E-state index contributed by atoms with van der Waals surface area (Å²) in [6.45, 7) is 0.712. The normalized spacial score (nSPS) is 9.82. The molecule has 0 aliphatic heterocycles. The lowest BCUT2D eigenvalue weighted by Gasteiger charge is -2.01. The van der Waals surface area contributed by atoms with Gasteiger partial charge in [-0.3, -0.25) is 4.79 Å². The number of hydrogen-bond donors (Lipinski definition) is 0. The molecule has 0 aliphatic carbocycles. The van der Waals surface area contributed by atoms with Crippen LogP contribution in [0.2, 0.25) is 0 Å². The SMILES string of the molecule is CC(=O)OC(=O)C(F)(F)F.[AlH3]. The summed E-state index contributed by atoms with van der Waals surface area (Å²) in [6.07, 6.45) is -5.09. The van der Waals surface area contributed by atoms with Gasteiger partial charge in [-0.05, 0) is 0 Å². The molecule has 0 spiro atoms. The lowest BCUT2D eigenvalue weighted by molar-refractivity contribution is -0.201. The Morgan fingerprint density at radius 3 is 1.73 bits per heavy atom. The van der Waals surface area contributed by atoms with Gasteiger partial charge in [-0.1, -0.05) is 0 Å². The maximum absolute atomic E-state index is 11.2. The minimum atomic E-state index is -5.09. The van der Waals surface area contributed by atoms with E-state index in [0.717, 1.165) is 0 Å². The average molecular weight is 186 g/mol. The highest BCUT2D eigenvalue weighted by Crippen LogP contribution is 2.16. The smallest absolute Gasteiger partial charge is 0.387 e. The number of carbonyl (C=O) groups excluding carboxylic acids is 2. The van der Waals surface area contributed by atoms with Gasteiger partial charge in [0.1, 0.15) is 0 Å². The van der Waals surface area contributed by atoms with E-state index in [-0.39, 0.29) is 17.4 Å². The summed E-state index contributed by atoms with van der Waals surface area (Å²) in [6, 6.07) is 0. The Morgan fingerprint density at radius 2 is 1.64 bits per heavy atom. The molecule has 7 heteroatoms. The maximum atomic E-state index is 11.2. The van der Waals surface area contributed by atoms with Crippen LogP contribution < -0.4 is 0 Å². The zero-order valence-corrected chi connectivity index (χ0v) is 4.86. The molecule has 0 aliphatic rings. The predicted molar refractivity (Wildman–Crippen MR) is 32.8 cm³/mol. The third-order valence-corrected chi connectivity index (χ3v) is 0.468. The minimum absolute atomic E-state index is 0. The van der Waals surface area contributed by atoms with Crippen LogP contribution >= 0.6 is 0 Å². The Hall–Kier alpha value is -0.538. The highest BCUT2D eigenvalue weighted by molar-refractivity contribution is 5.87. The lowest BCUT2D eigenvalue weighted by Crippen LogP contribution is -2.26. The molecule has 11 heavy (non-hydrogen) atoms. The van der Waals surface area contributed by atoms with Crippen molar-refractivity contribution in [3.05, 3.63) is 0 Å². The second-order valence-corrected chi connectivity index (χ2v) is 1.38. The summed E-state index contributed by atoms with van der Waals surface area (Å²) in [4.78, 5) is 19.5. The molecule has 0 amide bonds. The van der Waals surface area contributed by atoms with E-state index in [9.17, 15) is 22.8 Å². The van der Waals surface area contributed by atoms with E-state index in [4.69, 9.17) is 0 Å². The number of halogens is 3. The van der Waals surface area contributed by atoms with Crippen molar-refractivity contribution in [2.45, 2.75) is 13.1 Å². The number of carbonyl (C=O) groups is 2. The van der Waals surface area contributed by atoms with Crippen LogP contribution in [0.15, 0.2) is 0 Å². The third-order valence-electron chi connectivity index (χ3n) is 0.468. The van der Waals surface area contributed by atoms with Gasteiger partial charge >= 0.3 is 18.1 Å². The van der Waals surface area contributed by atoms with Gasteiger partial charge in [0.2, 0.25) is 0 Å². The highest BCUT2D eigenvalue weighted by atomic mass is 27.0. The van der Waals surface area contributed by atoms with Gasteiger partial charge in [0.05, 0.1) is 0 Å². The lowest BCUT2D eigenvalue weighted by atomic mass is 10.6. The molecule has 0 saturated heterocycles. The first-order valence-electron chi connectivity index (χ1n) is 2.13. The number of hydrogen-bond acceptors (Lipinski definition) is 3. The van der Waals surface area contributed by atoms with Crippen LogP contribution in [0.5, 0.6) is 0 Å². The van der Waals surface area contributed by atoms with Crippen LogP contribution in [0.4, 0.5) is 13.2 Å². The molecule has 0 rings (SSSR count). The molecule has 0 aromatic heterocycles. The molecule has 0 aromatic carbocycles. The van der Waals surface area contributed by atoms with Crippen molar-refractivity contribution in [1.29, 1.82) is 0 Å². The standard InChI is InChI=1S/C4H3F3O3.Al.3H/c1-2(8)10-3(9)4(5,6)7;;;;/h1H3;;;;. The largest absolute Gasteiger partial charge is 0.491 e. The second-order valence-electron chi connectivity index (χ2n) is 1.38. The van der Waals surface area contributed by atoms with Gasteiger partial charge in [0.25, 0.3) is 0 Å². The van der Waals surface area contributed by atoms with E-state index in [1.807, 2.05) is 0 Å². The average Bonchev–Trinajstić information content (AvgIpc) is 1.60. The molecule has 0 unspecified atom stereocenters. The molecule has 0 heterocycles.